The highest BCUT2D eigenvalue weighted by molar-refractivity contribution is 5.06. The summed E-state index contributed by atoms with van der Waals surface area (Å²) >= 11 is 0. The zero-order chi connectivity index (χ0) is 13.7. The molecule has 3 nitrogen and oxygen atoms in total. The lowest BCUT2D eigenvalue weighted by Gasteiger charge is -2.55. The quantitative estimate of drug-likeness (QED) is 0.914. The van der Waals surface area contributed by atoms with E-state index in [0.29, 0.717) is 5.92 Å². The Labute approximate surface area is 121 Å². The van der Waals surface area contributed by atoms with Crippen LogP contribution in [0.5, 0.6) is 0 Å². The number of nitrogens with zero attached hydrogens (tertiary/aromatic N) is 2. The van der Waals surface area contributed by atoms with Gasteiger partial charge in [0.05, 0.1) is 0 Å². The summed E-state index contributed by atoms with van der Waals surface area (Å²) in [6.45, 7) is 3.15. The normalized spacial score (nSPS) is 40.2. The fraction of sp³-hybridized carbons (Fsp3) is 0.824. The minimum absolute atomic E-state index is 0.341. The van der Waals surface area contributed by atoms with Crippen LogP contribution >= 0.6 is 0 Å². The van der Waals surface area contributed by atoms with Crippen molar-refractivity contribution in [3.8, 4) is 0 Å². The Balaban J connectivity index is 1.59. The maximum absolute atomic E-state index is 11.0. The molecule has 3 heteroatoms. The average Bonchev–Trinajstić information content (AvgIpc) is 2.86. The summed E-state index contributed by atoms with van der Waals surface area (Å²) in [5.74, 6) is 4.85. The van der Waals surface area contributed by atoms with Crippen molar-refractivity contribution in [3.63, 3.8) is 0 Å². The molecule has 1 aromatic rings. The predicted molar refractivity (Wildman–Crippen MR) is 78.0 cm³/mol. The topological polar surface area (TPSA) is 38.0 Å². The molecule has 1 N–H and O–H groups in total. The van der Waals surface area contributed by atoms with Gasteiger partial charge in [0.25, 0.3) is 0 Å². The molecule has 0 aliphatic heterocycles. The number of hydrogen-bond donors (Lipinski definition) is 1. The Kier molecular flexibility index (Phi) is 3.13. The summed E-state index contributed by atoms with van der Waals surface area (Å²) in [6, 6.07) is 0. The van der Waals surface area contributed by atoms with Gasteiger partial charge in [-0.25, -0.2) is 4.98 Å². The van der Waals surface area contributed by atoms with Gasteiger partial charge in [-0.3, -0.25) is 0 Å². The first-order valence-electron chi connectivity index (χ1n) is 8.45. The van der Waals surface area contributed by atoms with Crippen molar-refractivity contribution in [3.05, 3.63) is 18.2 Å². The van der Waals surface area contributed by atoms with Gasteiger partial charge < -0.3 is 9.67 Å². The van der Waals surface area contributed by atoms with E-state index < -0.39 is 0 Å². The number of aliphatic hydroxyl groups excluding tert-OH is 1. The molecule has 0 aromatic carbocycles. The van der Waals surface area contributed by atoms with Gasteiger partial charge in [0.15, 0.2) is 0 Å². The van der Waals surface area contributed by atoms with Gasteiger partial charge in [-0.15, -0.1) is 0 Å². The van der Waals surface area contributed by atoms with Crippen molar-refractivity contribution >= 4 is 0 Å². The summed E-state index contributed by atoms with van der Waals surface area (Å²) in [6.07, 6.45) is 11.6. The maximum atomic E-state index is 11.0. The molecule has 4 aliphatic rings. The molecule has 4 saturated carbocycles. The van der Waals surface area contributed by atoms with E-state index in [4.69, 9.17) is 0 Å². The second-order valence-electron chi connectivity index (χ2n) is 7.43. The van der Waals surface area contributed by atoms with Crippen LogP contribution in [0.25, 0.3) is 0 Å². The van der Waals surface area contributed by atoms with E-state index in [1.54, 1.807) is 0 Å². The van der Waals surface area contributed by atoms with Gasteiger partial charge in [0.2, 0.25) is 0 Å². The predicted octanol–water partition coefficient (Wildman–Crippen LogP) is 3.40. The fourth-order valence-electron chi connectivity index (χ4n) is 5.67. The molecular formula is C17H26N2O. The van der Waals surface area contributed by atoms with Crippen molar-refractivity contribution in [2.75, 3.05) is 0 Å². The van der Waals surface area contributed by atoms with E-state index >= 15 is 0 Å². The molecule has 110 valence electrons. The SMILES string of the molecule is CCCn1ccnc1C(O)C1C2CC3CC(C2)CC1C3. The minimum Gasteiger partial charge on any atom is -0.385 e. The van der Waals surface area contributed by atoms with Gasteiger partial charge in [0, 0.05) is 18.9 Å². The number of imidazole rings is 1. The summed E-state index contributed by atoms with van der Waals surface area (Å²) in [4.78, 5) is 4.48. The number of aryl methyl sites for hydroxylation is 1. The monoisotopic (exact) mass is 274 g/mol. The largest absolute Gasteiger partial charge is 0.385 e. The van der Waals surface area contributed by atoms with Crippen LogP contribution in [0.4, 0.5) is 0 Å². The third-order valence-electron chi connectivity index (χ3n) is 6.14. The number of rotatable bonds is 4. The first-order valence-corrected chi connectivity index (χ1v) is 8.45. The molecule has 4 bridgehead atoms. The van der Waals surface area contributed by atoms with Crippen LogP contribution in [0.15, 0.2) is 12.4 Å². The van der Waals surface area contributed by atoms with E-state index in [1.165, 1.54) is 32.1 Å². The molecule has 1 atom stereocenters. The second-order valence-corrected chi connectivity index (χ2v) is 7.43. The molecule has 5 rings (SSSR count). The van der Waals surface area contributed by atoms with Gasteiger partial charge in [-0.05, 0) is 68.1 Å². The van der Waals surface area contributed by atoms with Crippen molar-refractivity contribution < 1.29 is 5.11 Å². The number of hydrogen-bond acceptors (Lipinski definition) is 2. The molecule has 0 spiro atoms. The van der Waals surface area contributed by atoms with E-state index in [1.807, 2.05) is 12.4 Å². The van der Waals surface area contributed by atoms with Crippen molar-refractivity contribution in [1.29, 1.82) is 0 Å². The van der Waals surface area contributed by atoms with Crippen molar-refractivity contribution in [2.45, 2.75) is 58.1 Å². The van der Waals surface area contributed by atoms with Crippen molar-refractivity contribution in [1.82, 2.24) is 9.55 Å². The smallest absolute Gasteiger partial charge is 0.137 e. The maximum Gasteiger partial charge on any atom is 0.137 e. The highest BCUT2D eigenvalue weighted by Crippen LogP contribution is 2.59. The van der Waals surface area contributed by atoms with Crippen LogP contribution in [0.1, 0.15) is 57.4 Å². The van der Waals surface area contributed by atoms with Gasteiger partial charge in [-0.1, -0.05) is 6.92 Å². The summed E-state index contributed by atoms with van der Waals surface area (Å²) in [7, 11) is 0. The molecule has 1 aromatic heterocycles. The van der Waals surface area contributed by atoms with E-state index in [-0.39, 0.29) is 6.10 Å². The lowest BCUT2D eigenvalue weighted by atomic mass is 9.51. The second kappa shape index (κ2) is 4.87. The third-order valence-corrected chi connectivity index (χ3v) is 6.14. The van der Waals surface area contributed by atoms with Crippen LogP contribution in [-0.4, -0.2) is 14.7 Å². The van der Waals surface area contributed by atoms with Crippen LogP contribution in [0.3, 0.4) is 0 Å². The van der Waals surface area contributed by atoms with Gasteiger partial charge in [0.1, 0.15) is 11.9 Å². The summed E-state index contributed by atoms with van der Waals surface area (Å²) < 4.78 is 2.16. The van der Waals surface area contributed by atoms with Crippen LogP contribution in [0, 0.1) is 29.6 Å². The minimum atomic E-state index is -0.341. The zero-order valence-corrected chi connectivity index (χ0v) is 12.4. The first-order chi connectivity index (χ1) is 9.76. The van der Waals surface area contributed by atoms with Crippen LogP contribution in [0.2, 0.25) is 0 Å². The molecule has 20 heavy (non-hydrogen) atoms. The number of aliphatic hydroxyl groups is 1. The lowest BCUT2D eigenvalue weighted by molar-refractivity contribution is -0.0939. The highest BCUT2D eigenvalue weighted by atomic mass is 16.3. The van der Waals surface area contributed by atoms with Gasteiger partial charge in [-0.2, -0.15) is 0 Å². The lowest BCUT2D eigenvalue weighted by Crippen LogP contribution is -2.47. The molecule has 0 amide bonds. The Hall–Kier alpha value is -0.830. The number of aromatic nitrogens is 2. The highest BCUT2D eigenvalue weighted by Gasteiger charge is 2.51. The molecule has 1 heterocycles. The molecular weight excluding hydrogens is 248 g/mol. The Bertz CT molecular complexity index is 453. The Morgan fingerprint density at radius 1 is 1.20 bits per heavy atom. The third kappa shape index (κ3) is 1.93. The standard InChI is InChI=1S/C17H26N2O/c1-2-4-19-5-3-18-17(19)16(20)15-13-7-11-6-12(9-13)10-14(15)8-11/h3,5,11-16,20H,2,4,6-10H2,1H3. The van der Waals surface area contributed by atoms with Gasteiger partial charge >= 0.3 is 0 Å². The Morgan fingerprint density at radius 2 is 1.85 bits per heavy atom. The fourth-order valence-corrected chi connectivity index (χ4v) is 5.67. The van der Waals surface area contributed by atoms with E-state index in [2.05, 4.69) is 16.5 Å². The first kappa shape index (κ1) is 12.9. The average molecular weight is 274 g/mol. The molecule has 0 radical (unpaired) electrons. The summed E-state index contributed by atoms with van der Waals surface area (Å²) in [5, 5.41) is 11.0. The Morgan fingerprint density at radius 3 is 2.45 bits per heavy atom. The van der Waals surface area contributed by atoms with E-state index in [0.717, 1.165) is 42.5 Å². The zero-order valence-electron chi connectivity index (χ0n) is 12.4. The van der Waals surface area contributed by atoms with Crippen LogP contribution in [-0.2, 0) is 6.54 Å². The van der Waals surface area contributed by atoms with Crippen LogP contribution < -0.4 is 0 Å². The molecule has 0 saturated heterocycles. The summed E-state index contributed by atoms with van der Waals surface area (Å²) in [5.41, 5.74) is 0. The van der Waals surface area contributed by atoms with Crippen molar-refractivity contribution in [2.24, 2.45) is 29.6 Å². The van der Waals surface area contributed by atoms with E-state index in [9.17, 15) is 5.11 Å². The molecule has 4 fully saturated rings. The molecule has 1 unspecified atom stereocenters. The molecule has 4 aliphatic carbocycles.